The van der Waals surface area contributed by atoms with E-state index in [2.05, 4.69) is 37.3 Å². The third-order valence-corrected chi connectivity index (χ3v) is 5.27. The van der Waals surface area contributed by atoms with Crippen molar-refractivity contribution in [3.05, 3.63) is 65.4 Å². The van der Waals surface area contributed by atoms with Gasteiger partial charge in [0.25, 0.3) is 5.91 Å². The Kier molecular flexibility index (Phi) is 8.75. The summed E-state index contributed by atoms with van der Waals surface area (Å²) in [6.07, 6.45) is 5.84. The Morgan fingerprint density at radius 1 is 1.14 bits per heavy atom. The Morgan fingerprint density at radius 2 is 1.89 bits per heavy atom. The van der Waals surface area contributed by atoms with E-state index in [1.54, 1.807) is 30.3 Å². The van der Waals surface area contributed by atoms with Crippen LogP contribution in [0.15, 0.2) is 48.0 Å². The van der Waals surface area contributed by atoms with E-state index in [-0.39, 0.29) is 17.6 Å². The van der Waals surface area contributed by atoms with E-state index >= 15 is 0 Å². The van der Waals surface area contributed by atoms with Gasteiger partial charge in [0.2, 0.25) is 5.91 Å². The zero-order chi connectivity index (χ0) is 20.4. The number of pyridine rings is 1. The third-order valence-electron chi connectivity index (χ3n) is 4.24. The first-order valence-electron chi connectivity index (χ1n) is 9.51. The molecule has 0 aliphatic heterocycles. The first kappa shape index (κ1) is 21.7. The molecule has 1 aromatic carbocycles. The monoisotopic (exact) mass is 397 g/mol. The van der Waals surface area contributed by atoms with Crippen LogP contribution in [0.25, 0.3) is 6.08 Å². The maximum atomic E-state index is 12.1. The van der Waals surface area contributed by atoms with Crippen molar-refractivity contribution in [3.63, 3.8) is 0 Å². The smallest absolute Gasteiger partial charge is 0.269 e. The Bertz CT molecular complexity index is 822. The minimum atomic E-state index is -0.347. The molecule has 5 nitrogen and oxygen atoms in total. The number of rotatable bonds is 9. The number of hydrogen-bond donors (Lipinski definition) is 2. The Hall–Kier alpha value is -2.60. The van der Waals surface area contributed by atoms with Crippen molar-refractivity contribution in [2.45, 2.75) is 44.6 Å². The third kappa shape index (κ3) is 6.23. The van der Waals surface area contributed by atoms with Crippen LogP contribution in [-0.4, -0.2) is 22.6 Å². The molecule has 2 amide bonds. The van der Waals surface area contributed by atoms with Crippen LogP contribution in [0, 0.1) is 0 Å². The van der Waals surface area contributed by atoms with Crippen LogP contribution in [0.4, 0.5) is 0 Å². The number of amides is 2. The van der Waals surface area contributed by atoms with Crippen molar-refractivity contribution in [2.75, 3.05) is 5.75 Å². The molecule has 0 aliphatic rings. The molecule has 6 heteroatoms. The second-order valence-electron chi connectivity index (χ2n) is 6.32. The van der Waals surface area contributed by atoms with Crippen LogP contribution >= 0.6 is 11.8 Å². The highest BCUT2D eigenvalue weighted by Gasteiger charge is 2.12. The van der Waals surface area contributed by atoms with Gasteiger partial charge in [-0.1, -0.05) is 62.9 Å². The van der Waals surface area contributed by atoms with E-state index in [4.69, 9.17) is 4.98 Å². The van der Waals surface area contributed by atoms with E-state index in [9.17, 15) is 9.59 Å². The number of carbonyl (C=O) groups excluding carboxylic acids is 2. The SMILES string of the molecule is C=Cc1nc(SCC(=O)NNC(=O)c2ccccc2)c(CC)cc1CCCC. The molecule has 28 heavy (non-hydrogen) atoms. The molecule has 0 unspecified atom stereocenters. The molecule has 0 atom stereocenters. The van der Waals surface area contributed by atoms with Gasteiger partial charge >= 0.3 is 0 Å². The maximum Gasteiger partial charge on any atom is 0.269 e. The lowest BCUT2D eigenvalue weighted by molar-refractivity contribution is -0.119. The number of benzene rings is 1. The van der Waals surface area contributed by atoms with Crippen molar-refractivity contribution in [3.8, 4) is 0 Å². The quantitative estimate of drug-likeness (QED) is 0.492. The molecule has 2 rings (SSSR count). The normalized spacial score (nSPS) is 10.4. The molecule has 0 radical (unpaired) electrons. The van der Waals surface area contributed by atoms with E-state index in [0.717, 1.165) is 42.0 Å². The van der Waals surface area contributed by atoms with Gasteiger partial charge in [0, 0.05) is 5.56 Å². The molecule has 2 aromatic rings. The van der Waals surface area contributed by atoms with Gasteiger partial charge in [-0.15, -0.1) is 0 Å². The van der Waals surface area contributed by atoms with Gasteiger partial charge in [0.05, 0.1) is 11.4 Å². The van der Waals surface area contributed by atoms with Crippen LogP contribution in [-0.2, 0) is 17.6 Å². The van der Waals surface area contributed by atoms with Crippen molar-refractivity contribution in [2.24, 2.45) is 0 Å². The fraction of sp³-hybridized carbons (Fsp3) is 0.318. The number of nitrogens with zero attached hydrogens (tertiary/aromatic N) is 1. The van der Waals surface area contributed by atoms with Crippen molar-refractivity contribution >= 4 is 29.7 Å². The van der Waals surface area contributed by atoms with Crippen molar-refractivity contribution in [1.82, 2.24) is 15.8 Å². The summed E-state index contributed by atoms with van der Waals surface area (Å²) in [4.78, 5) is 28.8. The molecule has 0 aliphatic carbocycles. The number of carbonyl (C=O) groups is 2. The first-order chi connectivity index (χ1) is 13.6. The minimum Gasteiger partial charge on any atom is -0.272 e. The summed E-state index contributed by atoms with van der Waals surface area (Å²) in [5.74, 6) is -0.464. The molecule has 0 bridgehead atoms. The number of unbranched alkanes of at least 4 members (excludes halogenated alkanes) is 1. The fourth-order valence-electron chi connectivity index (χ4n) is 2.68. The van der Waals surface area contributed by atoms with Crippen molar-refractivity contribution < 1.29 is 9.59 Å². The predicted octanol–water partition coefficient (Wildman–Crippen LogP) is 4.18. The number of hydrogen-bond acceptors (Lipinski definition) is 4. The first-order valence-corrected chi connectivity index (χ1v) is 10.5. The lowest BCUT2D eigenvalue weighted by Crippen LogP contribution is -2.42. The molecular weight excluding hydrogens is 370 g/mol. The highest BCUT2D eigenvalue weighted by atomic mass is 32.2. The molecular formula is C22H27N3O2S. The summed E-state index contributed by atoms with van der Waals surface area (Å²) in [6, 6.07) is 10.9. The largest absolute Gasteiger partial charge is 0.272 e. The molecule has 1 heterocycles. The molecule has 148 valence electrons. The van der Waals surface area contributed by atoms with E-state index in [0.29, 0.717) is 5.56 Å². The molecule has 0 fully saturated rings. The summed E-state index contributed by atoms with van der Waals surface area (Å²) in [5.41, 5.74) is 8.58. The van der Waals surface area contributed by atoms with Crippen molar-refractivity contribution in [1.29, 1.82) is 0 Å². The second kappa shape index (κ2) is 11.3. The van der Waals surface area contributed by atoms with Gasteiger partial charge < -0.3 is 0 Å². The number of nitrogens with one attached hydrogen (secondary N) is 2. The highest BCUT2D eigenvalue weighted by Crippen LogP contribution is 2.25. The second-order valence-corrected chi connectivity index (χ2v) is 7.28. The van der Waals surface area contributed by atoms with Crippen LogP contribution in [0.1, 0.15) is 53.9 Å². The molecule has 0 saturated heterocycles. The average molecular weight is 398 g/mol. The lowest BCUT2D eigenvalue weighted by atomic mass is 10.0. The van der Waals surface area contributed by atoms with Gasteiger partial charge in [-0.25, -0.2) is 4.98 Å². The van der Waals surface area contributed by atoms with Gasteiger partial charge in [0.1, 0.15) is 5.03 Å². The topological polar surface area (TPSA) is 71.1 Å². The molecule has 2 N–H and O–H groups in total. The Morgan fingerprint density at radius 3 is 2.54 bits per heavy atom. The maximum absolute atomic E-state index is 12.1. The van der Waals surface area contributed by atoms with Gasteiger partial charge in [-0.3, -0.25) is 20.4 Å². The fourth-order valence-corrected chi connectivity index (χ4v) is 3.57. The number of aromatic nitrogens is 1. The minimum absolute atomic E-state index is 0.167. The Labute approximate surface area is 171 Å². The van der Waals surface area contributed by atoms with E-state index in [1.165, 1.54) is 17.3 Å². The number of aryl methyl sites for hydroxylation is 2. The average Bonchev–Trinajstić information content (AvgIpc) is 2.74. The molecule has 1 aromatic heterocycles. The Balaban J connectivity index is 1.96. The van der Waals surface area contributed by atoms with Crippen LogP contribution in [0.2, 0.25) is 0 Å². The van der Waals surface area contributed by atoms with Gasteiger partial charge in [0.15, 0.2) is 0 Å². The summed E-state index contributed by atoms with van der Waals surface area (Å²) in [6.45, 7) is 8.12. The summed E-state index contributed by atoms with van der Waals surface area (Å²) >= 11 is 1.37. The summed E-state index contributed by atoms with van der Waals surface area (Å²) in [7, 11) is 0. The zero-order valence-corrected chi connectivity index (χ0v) is 17.3. The number of thioether (sulfide) groups is 1. The van der Waals surface area contributed by atoms with Crippen LogP contribution in [0.3, 0.4) is 0 Å². The zero-order valence-electron chi connectivity index (χ0n) is 16.5. The number of hydrazine groups is 1. The molecule has 0 saturated carbocycles. The van der Waals surface area contributed by atoms with Crippen LogP contribution in [0.5, 0.6) is 0 Å². The van der Waals surface area contributed by atoms with E-state index in [1.807, 2.05) is 6.07 Å². The summed E-state index contributed by atoms with van der Waals surface area (Å²) < 4.78 is 0. The van der Waals surface area contributed by atoms with E-state index < -0.39 is 0 Å². The summed E-state index contributed by atoms with van der Waals surface area (Å²) in [5, 5.41) is 0.835. The van der Waals surface area contributed by atoms with Gasteiger partial charge in [-0.05, 0) is 48.6 Å². The standard InChI is InChI=1S/C22H27N3O2S/c1-4-7-11-18-14-16(5-2)22(23-19(18)6-3)28-15-20(26)24-25-21(27)17-12-9-8-10-13-17/h6,8-10,12-14H,3-5,7,11,15H2,1-2H3,(H,24,26)(H,25,27). The van der Waals surface area contributed by atoms with Gasteiger partial charge in [-0.2, -0.15) is 0 Å². The lowest BCUT2D eigenvalue weighted by Gasteiger charge is -2.13. The highest BCUT2D eigenvalue weighted by molar-refractivity contribution is 7.99. The predicted molar refractivity (Wildman–Crippen MR) is 115 cm³/mol. The van der Waals surface area contributed by atoms with Crippen LogP contribution < -0.4 is 10.9 Å². The molecule has 0 spiro atoms.